The number of anilines is 1. The van der Waals surface area contributed by atoms with Crippen LogP contribution < -0.4 is 10.1 Å². The number of fused-ring (bicyclic) bond motifs is 1. The van der Waals surface area contributed by atoms with Crippen molar-refractivity contribution in [2.24, 2.45) is 0 Å². The maximum absolute atomic E-state index is 12.4. The zero-order chi connectivity index (χ0) is 22.0. The lowest BCUT2D eigenvalue weighted by atomic mass is 9.87. The highest BCUT2D eigenvalue weighted by molar-refractivity contribution is 7.19. The molecule has 0 saturated heterocycles. The average molecular weight is 436 g/mol. The second-order valence-electron chi connectivity index (χ2n) is 8.26. The van der Waals surface area contributed by atoms with E-state index in [1.54, 1.807) is 4.52 Å². The van der Waals surface area contributed by atoms with E-state index >= 15 is 0 Å². The van der Waals surface area contributed by atoms with Gasteiger partial charge in [-0.25, -0.2) is 0 Å². The van der Waals surface area contributed by atoms with E-state index in [0.29, 0.717) is 11.4 Å². The lowest BCUT2D eigenvalue weighted by Crippen LogP contribution is -2.20. The molecule has 0 unspecified atom stereocenters. The largest absolute Gasteiger partial charge is 0.484 e. The predicted molar refractivity (Wildman–Crippen MR) is 123 cm³/mol. The van der Waals surface area contributed by atoms with Gasteiger partial charge in [-0.15, -0.1) is 10.2 Å². The van der Waals surface area contributed by atoms with Crippen molar-refractivity contribution in [1.82, 2.24) is 19.8 Å². The van der Waals surface area contributed by atoms with Gasteiger partial charge in [0.15, 0.2) is 12.4 Å². The molecule has 2 aromatic carbocycles. The van der Waals surface area contributed by atoms with E-state index in [-0.39, 0.29) is 17.9 Å². The minimum atomic E-state index is -0.219. The number of aryl methyl sites for hydroxylation is 1. The average Bonchev–Trinajstić information content (AvgIpc) is 3.33. The van der Waals surface area contributed by atoms with Crippen LogP contribution in [0.4, 0.5) is 5.69 Å². The third-order valence-electron chi connectivity index (χ3n) is 4.86. The highest BCUT2D eigenvalue weighted by Gasteiger charge is 2.14. The van der Waals surface area contributed by atoms with E-state index in [1.807, 2.05) is 55.5 Å². The number of ether oxygens (including phenoxy) is 1. The Hall–Kier alpha value is -3.26. The Morgan fingerprint density at radius 1 is 1.13 bits per heavy atom. The van der Waals surface area contributed by atoms with E-state index in [9.17, 15) is 4.79 Å². The first-order valence-corrected chi connectivity index (χ1v) is 11.0. The number of nitrogens with one attached hydrogen (secondary N) is 1. The van der Waals surface area contributed by atoms with Gasteiger partial charge >= 0.3 is 0 Å². The molecule has 7 nitrogen and oxygen atoms in total. The first-order valence-electron chi connectivity index (χ1n) is 10.2. The van der Waals surface area contributed by atoms with E-state index in [2.05, 4.69) is 41.4 Å². The lowest BCUT2D eigenvalue weighted by molar-refractivity contribution is -0.118. The van der Waals surface area contributed by atoms with E-state index < -0.39 is 0 Å². The summed E-state index contributed by atoms with van der Waals surface area (Å²) in [6.07, 6.45) is 0.763. The van der Waals surface area contributed by atoms with E-state index in [1.165, 1.54) is 16.9 Å². The third kappa shape index (κ3) is 4.74. The molecular formula is C23H25N5O2S. The molecule has 4 rings (SSSR count). The van der Waals surface area contributed by atoms with Gasteiger partial charge in [0.05, 0.1) is 0 Å². The number of carbonyl (C=O) groups excluding carboxylic acids is 1. The number of aromatic nitrogens is 4. The van der Waals surface area contributed by atoms with Crippen LogP contribution in [0, 0.1) is 0 Å². The summed E-state index contributed by atoms with van der Waals surface area (Å²) in [5, 5.41) is 16.6. The summed E-state index contributed by atoms with van der Waals surface area (Å²) in [4.78, 5) is 13.1. The van der Waals surface area contributed by atoms with Crippen molar-refractivity contribution >= 4 is 27.9 Å². The topological polar surface area (TPSA) is 81.4 Å². The summed E-state index contributed by atoms with van der Waals surface area (Å²) in [7, 11) is 0. The van der Waals surface area contributed by atoms with Crippen LogP contribution in [0.2, 0.25) is 0 Å². The van der Waals surface area contributed by atoms with Crippen LogP contribution in [0.5, 0.6) is 5.75 Å². The zero-order valence-electron chi connectivity index (χ0n) is 18.0. The first-order chi connectivity index (χ1) is 14.8. The number of nitrogens with zero attached hydrogens (tertiary/aromatic N) is 4. The van der Waals surface area contributed by atoms with Crippen molar-refractivity contribution in [2.75, 3.05) is 11.9 Å². The van der Waals surface area contributed by atoms with Crippen molar-refractivity contribution in [3.63, 3.8) is 0 Å². The molecule has 0 radical (unpaired) electrons. The van der Waals surface area contributed by atoms with Gasteiger partial charge in [0.2, 0.25) is 4.96 Å². The van der Waals surface area contributed by atoms with Crippen LogP contribution in [0.15, 0.2) is 48.5 Å². The maximum Gasteiger partial charge on any atom is 0.262 e. The Kier molecular flexibility index (Phi) is 5.73. The Morgan fingerprint density at radius 2 is 1.90 bits per heavy atom. The molecule has 0 saturated carbocycles. The molecule has 160 valence electrons. The van der Waals surface area contributed by atoms with Crippen molar-refractivity contribution in [1.29, 1.82) is 0 Å². The molecule has 1 amide bonds. The maximum atomic E-state index is 12.4. The lowest BCUT2D eigenvalue weighted by Gasteiger charge is -2.19. The molecule has 2 heterocycles. The number of hydrogen-bond donors (Lipinski definition) is 1. The van der Waals surface area contributed by atoms with Crippen LogP contribution >= 0.6 is 11.3 Å². The Bertz CT molecular complexity index is 1200. The molecule has 0 bridgehead atoms. The van der Waals surface area contributed by atoms with Crippen LogP contribution in [-0.2, 0) is 16.6 Å². The van der Waals surface area contributed by atoms with Crippen molar-refractivity contribution < 1.29 is 9.53 Å². The van der Waals surface area contributed by atoms with E-state index in [4.69, 9.17) is 4.74 Å². The highest BCUT2D eigenvalue weighted by atomic mass is 32.1. The van der Waals surface area contributed by atoms with Gasteiger partial charge in [0, 0.05) is 17.7 Å². The standard InChI is InChI=1S/C23H25N5O2S/c1-5-19-25-26-22-28(19)27-21(31-22)15-7-6-8-17(13-15)24-20(29)14-30-18-11-9-16(10-12-18)23(2,3)4/h6-13H,5,14H2,1-4H3,(H,24,29). The minimum Gasteiger partial charge on any atom is -0.484 e. The molecular weight excluding hydrogens is 410 g/mol. The monoisotopic (exact) mass is 435 g/mol. The second kappa shape index (κ2) is 8.47. The molecule has 4 aromatic rings. The Labute approximate surface area is 185 Å². The molecule has 8 heteroatoms. The number of hydrogen-bond acceptors (Lipinski definition) is 6. The zero-order valence-corrected chi connectivity index (χ0v) is 18.9. The van der Waals surface area contributed by atoms with Gasteiger partial charge < -0.3 is 10.1 Å². The molecule has 0 aliphatic carbocycles. The third-order valence-corrected chi connectivity index (χ3v) is 5.80. The minimum absolute atomic E-state index is 0.0598. The molecule has 0 aliphatic heterocycles. The van der Waals surface area contributed by atoms with Gasteiger partial charge in [0.25, 0.3) is 5.91 Å². The summed E-state index contributed by atoms with van der Waals surface area (Å²) in [5.74, 6) is 1.28. The smallest absolute Gasteiger partial charge is 0.262 e. The summed E-state index contributed by atoms with van der Waals surface area (Å²) >= 11 is 1.47. The van der Waals surface area contributed by atoms with Crippen LogP contribution in [-0.4, -0.2) is 32.3 Å². The molecule has 0 fully saturated rings. The highest BCUT2D eigenvalue weighted by Crippen LogP contribution is 2.28. The summed E-state index contributed by atoms with van der Waals surface area (Å²) in [5.41, 5.74) is 2.90. The predicted octanol–water partition coefficient (Wildman–Crippen LogP) is 4.73. The quantitative estimate of drug-likeness (QED) is 0.473. The van der Waals surface area contributed by atoms with Crippen LogP contribution in [0.3, 0.4) is 0 Å². The first kappa shape index (κ1) is 21.0. The van der Waals surface area contributed by atoms with Gasteiger partial charge in [-0.1, -0.05) is 63.3 Å². The van der Waals surface area contributed by atoms with Crippen molar-refractivity contribution in [2.45, 2.75) is 39.5 Å². The normalized spacial score (nSPS) is 11.6. The number of rotatable bonds is 6. The number of benzene rings is 2. The van der Waals surface area contributed by atoms with Gasteiger partial charge in [-0.05, 0) is 35.2 Å². The Balaban J connectivity index is 1.40. The molecule has 0 spiro atoms. The molecule has 0 atom stereocenters. The van der Waals surface area contributed by atoms with Gasteiger partial charge in [-0.3, -0.25) is 4.79 Å². The summed E-state index contributed by atoms with van der Waals surface area (Å²) in [6, 6.07) is 15.4. The molecule has 0 aliphatic rings. The molecule has 31 heavy (non-hydrogen) atoms. The number of amides is 1. The SMILES string of the molecule is CCc1nnc2sc(-c3cccc(NC(=O)COc4ccc(C(C)(C)C)cc4)c3)nn12. The summed E-state index contributed by atoms with van der Waals surface area (Å²) < 4.78 is 7.40. The van der Waals surface area contributed by atoms with E-state index in [0.717, 1.165) is 27.8 Å². The fourth-order valence-corrected chi connectivity index (χ4v) is 3.98. The fourth-order valence-electron chi connectivity index (χ4n) is 3.12. The van der Waals surface area contributed by atoms with Gasteiger partial charge in [0.1, 0.15) is 10.8 Å². The van der Waals surface area contributed by atoms with Crippen molar-refractivity contribution in [3.8, 4) is 16.3 Å². The molecule has 2 aromatic heterocycles. The fraction of sp³-hybridized carbons (Fsp3) is 0.304. The molecule has 1 N–H and O–H groups in total. The van der Waals surface area contributed by atoms with Crippen molar-refractivity contribution in [3.05, 3.63) is 59.9 Å². The van der Waals surface area contributed by atoms with Crippen LogP contribution in [0.1, 0.15) is 39.1 Å². The second-order valence-corrected chi connectivity index (χ2v) is 9.22. The van der Waals surface area contributed by atoms with Crippen LogP contribution in [0.25, 0.3) is 15.5 Å². The summed E-state index contributed by atoms with van der Waals surface area (Å²) in [6.45, 7) is 8.44. The number of carbonyl (C=O) groups is 1. The van der Waals surface area contributed by atoms with Gasteiger partial charge in [-0.2, -0.15) is 9.61 Å². The Morgan fingerprint density at radius 3 is 2.61 bits per heavy atom.